The van der Waals surface area contributed by atoms with Crippen molar-refractivity contribution >= 4 is 17.9 Å². The molecule has 0 heterocycles. The fourth-order valence-electron chi connectivity index (χ4n) is 2.56. The first-order valence-corrected chi connectivity index (χ1v) is 10.3. The van der Waals surface area contributed by atoms with E-state index in [1.807, 2.05) is 41.5 Å². The van der Waals surface area contributed by atoms with Crippen molar-refractivity contribution in [1.82, 2.24) is 16.0 Å². The maximum atomic E-state index is 12.9. The van der Waals surface area contributed by atoms with Gasteiger partial charge in [-0.25, -0.2) is 4.79 Å². The monoisotopic (exact) mass is 399 g/mol. The summed E-state index contributed by atoms with van der Waals surface area (Å²) in [6.45, 7) is 17.8. The molecule has 0 radical (unpaired) electrons. The number of ether oxygens (including phenoxy) is 1. The van der Waals surface area contributed by atoms with Crippen molar-refractivity contribution in [3.05, 3.63) is 0 Å². The molecule has 0 saturated carbocycles. The summed E-state index contributed by atoms with van der Waals surface area (Å²) >= 11 is 0. The smallest absolute Gasteiger partial charge is 0.408 e. The van der Waals surface area contributed by atoms with Crippen molar-refractivity contribution in [2.45, 2.75) is 92.8 Å². The molecule has 0 unspecified atom stereocenters. The number of amides is 3. The molecular weight excluding hydrogens is 358 g/mol. The summed E-state index contributed by atoms with van der Waals surface area (Å²) in [5.41, 5.74) is -0.653. The van der Waals surface area contributed by atoms with Gasteiger partial charge in [-0.05, 0) is 51.4 Å². The summed E-state index contributed by atoms with van der Waals surface area (Å²) in [5.74, 6) is 0.171. The maximum absolute atomic E-state index is 12.9. The van der Waals surface area contributed by atoms with Crippen molar-refractivity contribution in [3.8, 4) is 0 Å². The van der Waals surface area contributed by atoms with Crippen LogP contribution in [0.1, 0.15) is 75.2 Å². The largest absolute Gasteiger partial charge is 0.444 e. The summed E-state index contributed by atoms with van der Waals surface area (Å²) in [6, 6.07) is -1.40. The molecule has 0 bridgehead atoms. The van der Waals surface area contributed by atoms with Crippen LogP contribution in [-0.4, -0.2) is 42.1 Å². The van der Waals surface area contributed by atoms with E-state index in [0.717, 1.165) is 0 Å². The average Bonchev–Trinajstić information content (AvgIpc) is 2.48. The summed E-state index contributed by atoms with van der Waals surface area (Å²) < 4.78 is 5.27. The third-order valence-corrected chi connectivity index (χ3v) is 3.74. The Kier molecular flexibility index (Phi) is 11.2. The standard InChI is InChI=1S/C21H41N3O4/c1-13(2)10-16(18(25)22-12-15(5)6)23-19(26)17(11-14(3)4)24-20(27)28-21(7,8)9/h13-17H,10-12H2,1-9H3,(H,22,25)(H,23,26)(H,24,27)/t16-,17+/m1/s1. The average molecular weight is 400 g/mol. The number of nitrogens with one attached hydrogen (secondary N) is 3. The molecule has 3 N–H and O–H groups in total. The molecule has 2 atom stereocenters. The van der Waals surface area contributed by atoms with Gasteiger partial charge in [-0.15, -0.1) is 0 Å². The Balaban J connectivity index is 5.17. The van der Waals surface area contributed by atoms with Crippen molar-refractivity contribution in [2.24, 2.45) is 17.8 Å². The molecule has 0 spiro atoms. The summed E-state index contributed by atoms with van der Waals surface area (Å²) in [6.07, 6.45) is 0.335. The van der Waals surface area contributed by atoms with E-state index in [9.17, 15) is 14.4 Å². The molecule has 0 saturated heterocycles. The topological polar surface area (TPSA) is 96.5 Å². The minimum absolute atomic E-state index is 0.184. The Morgan fingerprint density at radius 3 is 1.61 bits per heavy atom. The zero-order valence-electron chi connectivity index (χ0n) is 19.1. The van der Waals surface area contributed by atoms with E-state index in [1.165, 1.54) is 0 Å². The van der Waals surface area contributed by atoms with Crippen LogP contribution in [0.5, 0.6) is 0 Å². The summed E-state index contributed by atoms with van der Waals surface area (Å²) in [5, 5.41) is 8.35. The quantitative estimate of drug-likeness (QED) is 0.525. The molecule has 0 fully saturated rings. The Morgan fingerprint density at radius 1 is 0.750 bits per heavy atom. The lowest BCUT2D eigenvalue weighted by molar-refractivity contribution is -0.130. The van der Waals surface area contributed by atoms with Crippen LogP contribution < -0.4 is 16.0 Å². The van der Waals surface area contributed by atoms with E-state index < -0.39 is 23.8 Å². The van der Waals surface area contributed by atoms with Gasteiger partial charge >= 0.3 is 6.09 Å². The minimum Gasteiger partial charge on any atom is -0.444 e. The normalized spacial score (nSPS) is 14.0. The second-order valence-corrected chi connectivity index (χ2v) is 9.66. The first-order chi connectivity index (χ1) is 12.7. The van der Waals surface area contributed by atoms with Gasteiger partial charge in [0.15, 0.2) is 0 Å². The third kappa shape index (κ3) is 12.6. The highest BCUT2D eigenvalue weighted by molar-refractivity contribution is 5.91. The van der Waals surface area contributed by atoms with Gasteiger partial charge in [0, 0.05) is 6.54 Å². The van der Waals surface area contributed by atoms with Crippen molar-refractivity contribution in [2.75, 3.05) is 6.54 Å². The lowest BCUT2D eigenvalue weighted by Gasteiger charge is -2.26. The lowest BCUT2D eigenvalue weighted by atomic mass is 10.00. The summed E-state index contributed by atoms with van der Waals surface area (Å²) in [4.78, 5) is 37.5. The van der Waals surface area contributed by atoms with Gasteiger partial charge < -0.3 is 20.7 Å². The molecule has 28 heavy (non-hydrogen) atoms. The number of hydrogen-bond donors (Lipinski definition) is 3. The van der Waals surface area contributed by atoms with Gasteiger partial charge in [0.1, 0.15) is 17.7 Å². The van der Waals surface area contributed by atoms with Gasteiger partial charge in [-0.1, -0.05) is 41.5 Å². The molecule has 7 nitrogen and oxygen atoms in total. The molecule has 164 valence electrons. The molecule has 0 aliphatic carbocycles. The first-order valence-electron chi connectivity index (χ1n) is 10.3. The van der Waals surface area contributed by atoms with E-state index in [4.69, 9.17) is 4.74 Å². The molecule has 0 aromatic carbocycles. The molecule has 0 aliphatic rings. The number of alkyl carbamates (subject to hydrolysis) is 1. The van der Waals surface area contributed by atoms with Gasteiger partial charge in [0.05, 0.1) is 0 Å². The van der Waals surface area contributed by atoms with E-state index in [2.05, 4.69) is 16.0 Å². The molecule has 0 aromatic heterocycles. The molecule has 3 amide bonds. The van der Waals surface area contributed by atoms with Gasteiger partial charge in [-0.2, -0.15) is 0 Å². The Bertz CT molecular complexity index is 510. The molecule has 0 rings (SSSR count). The molecule has 0 aliphatic heterocycles. The Hall–Kier alpha value is -1.79. The lowest BCUT2D eigenvalue weighted by Crippen LogP contribution is -2.55. The van der Waals surface area contributed by atoms with Crippen LogP contribution in [0.25, 0.3) is 0 Å². The SMILES string of the molecule is CC(C)CNC(=O)[C@@H](CC(C)C)NC(=O)[C@H](CC(C)C)NC(=O)OC(C)(C)C. The first kappa shape index (κ1) is 26.2. The minimum atomic E-state index is -0.762. The Morgan fingerprint density at radius 2 is 1.21 bits per heavy atom. The number of hydrogen-bond acceptors (Lipinski definition) is 4. The zero-order chi connectivity index (χ0) is 22.1. The molecular formula is C21H41N3O4. The highest BCUT2D eigenvalue weighted by Crippen LogP contribution is 2.11. The second-order valence-electron chi connectivity index (χ2n) is 9.66. The van der Waals surface area contributed by atoms with Gasteiger partial charge in [0.2, 0.25) is 11.8 Å². The molecule has 7 heteroatoms. The van der Waals surface area contributed by atoms with Crippen molar-refractivity contribution < 1.29 is 19.1 Å². The van der Waals surface area contributed by atoms with E-state index in [1.54, 1.807) is 20.8 Å². The zero-order valence-corrected chi connectivity index (χ0v) is 19.1. The number of carbonyl (C=O) groups is 3. The van der Waals surface area contributed by atoms with Crippen LogP contribution in [0, 0.1) is 17.8 Å². The summed E-state index contributed by atoms with van der Waals surface area (Å²) in [7, 11) is 0. The van der Waals surface area contributed by atoms with Crippen molar-refractivity contribution in [3.63, 3.8) is 0 Å². The second kappa shape index (κ2) is 11.9. The van der Waals surface area contributed by atoms with Crippen LogP contribution >= 0.6 is 0 Å². The van der Waals surface area contributed by atoms with Crippen LogP contribution in [0.15, 0.2) is 0 Å². The van der Waals surface area contributed by atoms with Gasteiger partial charge in [-0.3, -0.25) is 9.59 Å². The third-order valence-electron chi connectivity index (χ3n) is 3.74. The van der Waals surface area contributed by atoms with Crippen LogP contribution in [-0.2, 0) is 14.3 Å². The van der Waals surface area contributed by atoms with Crippen LogP contribution in [0.3, 0.4) is 0 Å². The number of carbonyl (C=O) groups excluding carboxylic acids is 3. The fourth-order valence-corrected chi connectivity index (χ4v) is 2.56. The van der Waals surface area contributed by atoms with Crippen LogP contribution in [0.2, 0.25) is 0 Å². The maximum Gasteiger partial charge on any atom is 0.408 e. The molecule has 0 aromatic rings. The number of rotatable bonds is 10. The highest BCUT2D eigenvalue weighted by Gasteiger charge is 2.29. The van der Waals surface area contributed by atoms with E-state index in [0.29, 0.717) is 25.3 Å². The fraction of sp³-hybridized carbons (Fsp3) is 0.857. The Labute approximate surface area is 170 Å². The van der Waals surface area contributed by atoms with Crippen LogP contribution in [0.4, 0.5) is 4.79 Å². The highest BCUT2D eigenvalue weighted by atomic mass is 16.6. The predicted molar refractivity (Wildman–Crippen MR) is 112 cm³/mol. The van der Waals surface area contributed by atoms with Crippen molar-refractivity contribution in [1.29, 1.82) is 0 Å². The predicted octanol–water partition coefficient (Wildman–Crippen LogP) is 3.23. The van der Waals surface area contributed by atoms with E-state index in [-0.39, 0.29) is 23.7 Å². The van der Waals surface area contributed by atoms with E-state index >= 15 is 0 Å². The van der Waals surface area contributed by atoms with Gasteiger partial charge in [0.25, 0.3) is 0 Å².